The largest absolute Gasteiger partial charge is 0.478 e. The van der Waals surface area contributed by atoms with Gasteiger partial charge >= 0.3 is 13.7 Å². The van der Waals surface area contributed by atoms with Gasteiger partial charge < -0.3 is 15.2 Å². The fraction of sp³-hybridized carbons (Fsp3) is 0.125. The summed E-state index contributed by atoms with van der Waals surface area (Å²) in [4.78, 5) is 10.4. The van der Waals surface area contributed by atoms with Gasteiger partial charge in [-0.2, -0.15) is 0 Å². The van der Waals surface area contributed by atoms with Crippen LogP contribution in [0.1, 0.15) is 15.9 Å². The Morgan fingerprint density at radius 1 is 1.38 bits per heavy atom. The predicted octanol–water partition coefficient (Wildman–Crippen LogP) is -0.0693. The molecule has 1 rings (SSSR count). The second kappa shape index (κ2) is 6.22. The zero-order valence-corrected chi connectivity index (χ0v) is 7.27. The monoisotopic (exact) mass is 182 g/mol. The van der Waals surface area contributed by atoms with E-state index >= 15 is 0 Å². The first-order chi connectivity index (χ1) is 6.11. The van der Waals surface area contributed by atoms with Gasteiger partial charge in [0.1, 0.15) is 0 Å². The zero-order chi connectivity index (χ0) is 10.3. The summed E-state index contributed by atoms with van der Waals surface area (Å²) in [6, 6.07) is 6.82. The van der Waals surface area contributed by atoms with Crippen LogP contribution in [0.25, 0.3) is 0 Å². The van der Waals surface area contributed by atoms with Crippen LogP contribution in [0.2, 0.25) is 0 Å². The van der Waals surface area contributed by atoms with Gasteiger partial charge in [-0.3, -0.25) is 0 Å². The van der Waals surface area contributed by atoms with E-state index in [1.807, 2.05) is 13.0 Å². The SMILES string of the molecule is Cc1cccc(C(=O)O)c1.OBO. The van der Waals surface area contributed by atoms with Crippen LogP contribution in [0.4, 0.5) is 0 Å². The molecule has 0 atom stereocenters. The van der Waals surface area contributed by atoms with E-state index in [4.69, 9.17) is 15.2 Å². The Kier molecular flexibility index (Phi) is 5.59. The maximum Gasteiger partial charge on any atom is 0.432 e. The fourth-order valence-corrected chi connectivity index (χ4v) is 0.778. The van der Waals surface area contributed by atoms with Crippen molar-refractivity contribution in [2.45, 2.75) is 6.92 Å². The molecule has 0 aliphatic heterocycles. The Balaban J connectivity index is 0.000000424. The molecule has 70 valence electrons. The van der Waals surface area contributed by atoms with E-state index in [9.17, 15) is 4.79 Å². The lowest BCUT2D eigenvalue weighted by molar-refractivity contribution is 0.0697. The number of carboxylic acid groups (broad SMARTS) is 1. The molecule has 4 nitrogen and oxygen atoms in total. The summed E-state index contributed by atoms with van der Waals surface area (Å²) in [5, 5.41) is 22.8. The van der Waals surface area contributed by atoms with Gasteiger partial charge in [0.15, 0.2) is 0 Å². The highest BCUT2D eigenvalue weighted by Crippen LogP contribution is 2.02. The molecule has 5 heteroatoms. The molecule has 0 spiro atoms. The normalized spacial score (nSPS) is 8.23. The number of aromatic carboxylic acids is 1. The van der Waals surface area contributed by atoms with Crippen LogP contribution in [-0.4, -0.2) is 28.8 Å². The van der Waals surface area contributed by atoms with Gasteiger partial charge in [-0.05, 0) is 19.1 Å². The van der Waals surface area contributed by atoms with E-state index in [1.54, 1.807) is 18.2 Å². The smallest absolute Gasteiger partial charge is 0.432 e. The molecule has 0 saturated carbocycles. The van der Waals surface area contributed by atoms with Crippen molar-refractivity contribution in [3.8, 4) is 0 Å². The first kappa shape index (κ1) is 11.7. The van der Waals surface area contributed by atoms with Crippen LogP contribution in [-0.2, 0) is 0 Å². The lowest BCUT2D eigenvalue weighted by Gasteiger charge is -1.93. The molecule has 0 aliphatic carbocycles. The van der Waals surface area contributed by atoms with Crippen LogP contribution < -0.4 is 0 Å². The van der Waals surface area contributed by atoms with Crippen molar-refractivity contribution in [1.82, 2.24) is 0 Å². The number of carbonyl (C=O) groups is 1. The minimum Gasteiger partial charge on any atom is -0.478 e. The third-order valence-corrected chi connectivity index (χ3v) is 1.27. The van der Waals surface area contributed by atoms with E-state index in [1.165, 1.54) is 0 Å². The standard InChI is InChI=1S/C8H8O2.BH3O2/c1-6-3-2-4-7(5-6)8(9)10;2-1-3/h2-5H,1H3,(H,9,10);1-3H. The summed E-state index contributed by atoms with van der Waals surface area (Å²) in [5.74, 6) is -0.872. The second-order valence-corrected chi connectivity index (χ2v) is 2.32. The number of benzene rings is 1. The van der Waals surface area contributed by atoms with Crippen molar-refractivity contribution in [2.75, 3.05) is 0 Å². The number of carboxylic acids is 1. The first-order valence-corrected chi connectivity index (χ1v) is 3.63. The second-order valence-electron chi connectivity index (χ2n) is 2.32. The van der Waals surface area contributed by atoms with Crippen LogP contribution in [0, 0.1) is 6.92 Å². The van der Waals surface area contributed by atoms with Crippen molar-refractivity contribution < 1.29 is 19.9 Å². The quantitative estimate of drug-likeness (QED) is 0.531. The van der Waals surface area contributed by atoms with Crippen molar-refractivity contribution in [2.24, 2.45) is 0 Å². The van der Waals surface area contributed by atoms with Gasteiger partial charge in [0, 0.05) is 0 Å². The molecule has 3 N–H and O–H groups in total. The van der Waals surface area contributed by atoms with Gasteiger partial charge in [0.25, 0.3) is 0 Å². The molecule has 1 aromatic carbocycles. The summed E-state index contributed by atoms with van der Waals surface area (Å²) < 4.78 is 0. The number of rotatable bonds is 1. The molecule has 0 fully saturated rings. The molecule has 1 aromatic rings. The summed E-state index contributed by atoms with van der Waals surface area (Å²) >= 11 is 0. The molecule has 0 unspecified atom stereocenters. The molecule has 0 radical (unpaired) electrons. The fourth-order valence-electron chi connectivity index (χ4n) is 0.778. The molecule has 0 saturated heterocycles. The van der Waals surface area contributed by atoms with Crippen molar-refractivity contribution in [3.63, 3.8) is 0 Å². The van der Waals surface area contributed by atoms with Crippen LogP contribution in [0.15, 0.2) is 24.3 Å². The van der Waals surface area contributed by atoms with Crippen molar-refractivity contribution in [1.29, 1.82) is 0 Å². The summed E-state index contributed by atoms with van der Waals surface area (Å²) in [5.41, 5.74) is 1.32. The van der Waals surface area contributed by atoms with Gasteiger partial charge in [0.2, 0.25) is 0 Å². The Labute approximate surface area is 76.8 Å². The average molecular weight is 182 g/mol. The minimum atomic E-state index is -0.872. The molecule has 0 heterocycles. The lowest BCUT2D eigenvalue weighted by Crippen LogP contribution is -1.95. The highest BCUT2D eigenvalue weighted by Gasteiger charge is 1.99. The summed E-state index contributed by atoms with van der Waals surface area (Å²) in [7, 11) is -0.750. The van der Waals surface area contributed by atoms with E-state index in [-0.39, 0.29) is 0 Å². The maximum absolute atomic E-state index is 10.4. The molecular formula is C8H11BO4. The first-order valence-electron chi connectivity index (χ1n) is 3.63. The van der Waals surface area contributed by atoms with Gasteiger partial charge in [-0.1, -0.05) is 17.7 Å². The van der Waals surface area contributed by atoms with Crippen LogP contribution in [0.3, 0.4) is 0 Å². The van der Waals surface area contributed by atoms with Gasteiger partial charge in [-0.15, -0.1) is 0 Å². The highest BCUT2D eigenvalue weighted by molar-refractivity contribution is 6.13. The Morgan fingerprint density at radius 3 is 2.23 bits per heavy atom. The predicted molar refractivity (Wildman–Crippen MR) is 49.7 cm³/mol. The molecular weight excluding hydrogens is 171 g/mol. The molecule has 0 bridgehead atoms. The topological polar surface area (TPSA) is 77.8 Å². The number of hydrogen-bond acceptors (Lipinski definition) is 3. The summed E-state index contributed by atoms with van der Waals surface area (Å²) in [6.07, 6.45) is 0. The molecule has 13 heavy (non-hydrogen) atoms. The van der Waals surface area contributed by atoms with Crippen LogP contribution >= 0.6 is 0 Å². The minimum absolute atomic E-state index is 0.347. The van der Waals surface area contributed by atoms with Gasteiger partial charge in [0.05, 0.1) is 5.56 Å². The molecule has 0 aromatic heterocycles. The molecule has 0 aliphatic rings. The van der Waals surface area contributed by atoms with Crippen LogP contribution in [0.5, 0.6) is 0 Å². The Hall–Kier alpha value is -1.33. The lowest BCUT2D eigenvalue weighted by atomic mass is 10.1. The zero-order valence-electron chi connectivity index (χ0n) is 7.27. The van der Waals surface area contributed by atoms with E-state index in [2.05, 4.69) is 0 Å². The van der Waals surface area contributed by atoms with Gasteiger partial charge in [-0.25, -0.2) is 4.79 Å². The van der Waals surface area contributed by atoms with Crippen molar-refractivity contribution >= 4 is 13.7 Å². The third kappa shape index (κ3) is 5.00. The third-order valence-electron chi connectivity index (χ3n) is 1.27. The Bertz CT molecular complexity index is 275. The molecule has 0 amide bonds. The highest BCUT2D eigenvalue weighted by atomic mass is 16.4. The van der Waals surface area contributed by atoms with E-state index < -0.39 is 13.7 Å². The number of aryl methyl sites for hydroxylation is 1. The Morgan fingerprint density at radius 2 is 1.92 bits per heavy atom. The summed E-state index contributed by atoms with van der Waals surface area (Å²) in [6.45, 7) is 1.87. The average Bonchev–Trinajstić information content (AvgIpc) is 2.05. The van der Waals surface area contributed by atoms with E-state index in [0.29, 0.717) is 5.56 Å². The maximum atomic E-state index is 10.4. The number of hydrogen-bond donors (Lipinski definition) is 3. The van der Waals surface area contributed by atoms with Crippen molar-refractivity contribution in [3.05, 3.63) is 35.4 Å². The van der Waals surface area contributed by atoms with E-state index in [0.717, 1.165) is 5.56 Å².